The summed E-state index contributed by atoms with van der Waals surface area (Å²) in [5.74, 6) is 0.828. The van der Waals surface area contributed by atoms with E-state index in [4.69, 9.17) is 9.73 Å². The molecule has 2 aromatic rings. The molecule has 0 atom stereocenters. The first kappa shape index (κ1) is 17.3. The molecule has 0 saturated heterocycles. The van der Waals surface area contributed by atoms with Crippen LogP contribution in [0.4, 0.5) is 0 Å². The van der Waals surface area contributed by atoms with E-state index in [2.05, 4.69) is 36.0 Å². The number of nitrogens with one attached hydrogen (secondary N) is 2. The number of methoxy groups -OCH3 is 1. The summed E-state index contributed by atoms with van der Waals surface area (Å²) in [5.41, 5.74) is 6.48. The van der Waals surface area contributed by atoms with Gasteiger partial charge in [0, 0.05) is 18.0 Å². The van der Waals surface area contributed by atoms with E-state index in [0.717, 1.165) is 40.7 Å². The third-order valence-corrected chi connectivity index (χ3v) is 4.59. The summed E-state index contributed by atoms with van der Waals surface area (Å²) in [7, 11) is 1.70. The van der Waals surface area contributed by atoms with Crippen LogP contribution in [0.2, 0.25) is 0 Å². The molecule has 0 bridgehead atoms. The molecule has 4 heteroatoms. The van der Waals surface area contributed by atoms with E-state index in [0.29, 0.717) is 0 Å². The van der Waals surface area contributed by atoms with Crippen LogP contribution >= 0.6 is 0 Å². The van der Waals surface area contributed by atoms with Crippen molar-refractivity contribution in [2.45, 2.75) is 46.0 Å². The van der Waals surface area contributed by atoms with Crippen molar-refractivity contribution in [1.82, 2.24) is 9.97 Å². The fourth-order valence-corrected chi connectivity index (χ4v) is 3.17. The Balaban J connectivity index is 1.78. The van der Waals surface area contributed by atoms with Gasteiger partial charge in [-0.2, -0.15) is 0 Å². The molecular formula is C21H27N3O. The Morgan fingerprint density at radius 3 is 2.80 bits per heavy atom. The maximum Gasteiger partial charge on any atom is 0.144 e. The Morgan fingerprint density at radius 1 is 1.20 bits per heavy atom. The number of aliphatic imine (C=N–C) groups is 1. The Hall–Kier alpha value is -2.49. The maximum absolute atomic E-state index is 5.52. The molecule has 2 N–H and O–H groups in total. The lowest BCUT2D eigenvalue weighted by Crippen LogP contribution is -1.92. The summed E-state index contributed by atoms with van der Waals surface area (Å²) in [6.07, 6.45) is 12.4. The topological polar surface area (TPSA) is 53.2 Å². The average Bonchev–Trinajstić information content (AvgIpc) is 3.32. The number of rotatable bonds is 8. The number of H-pyrrole nitrogens is 2. The molecule has 1 aliphatic heterocycles. The minimum atomic E-state index is 0.828. The van der Waals surface area contributed by atoms with Crippen molar-refractivity contribution in [2.24, 2.45) is 4.99 Å². The van der Waals surface area contributed by atoms with Crippen LogP contribution < -0.4 is 4.74 Å². The summed E-state index contributed by atoms with van der Waals surface area (Å²) >= 11 is 0. The Bertz CT molecular complexity index is 791. The molecule has 0 unspecified atom stereocenters. The molecule has 0 radical (unpaired) electrons. The third-order valence-electron chi connectivity index (χ3n) is 4.59. The highest BCUT2D eigenvalue weighted by molar-refractivity contribution is 6.02. The lowest BCUT2D eigenvalue weighted by atomic mass is 10.0. The van der Waals surface area contributed by atoms with Crippen LogP contribution in [-0.2, 0) is 0 Å². The molecule has 0 spiro atoms. The second kappa shape index (κ2) is 8.06. The van der Waals surface area contributed by atoms with Gasteiger partial charge in [-0.05, 0) is 49.6 Å². The van der Waals surface area contributed by atoms with E-state index in [1.807, 2.05) is 24.4 Å². The van der Waals surface area contributed by atoms with E-state index in [-0.39, 0.29) is 0 Å². The highest BCUT2D eigenvalue weighted by Crippen LogP contribution is 2.30. The van der Waals surface area contributed by atoms with Gasteiger partial charge in [-0.3, -0.25) is 4.99 Å². The Morgan fingerprint density at radius 2 is 2.08 bits per heavy atom. The van der Waals surface area contributed by atoms with Gasteiger partial charge in [0.1, 0.15) is 5.75 Å². The van der Waals surface area contributed by atoms with Crippen LogP contribution in [0.5, 0.6) is 5.75 Å². The lowest BCUT2D eigenvalue weighted by Gasteiger charge is -2.01. The standard InChI is InChI=1S/C21H27N3O/c1-4-5-6-7-9-16-12-17(23-15(16)2)13-20-21(25-3)14-19(24-20)18-10-8-11-22-18/h8,10-14,22,24H,4-7,9H2,1-3H3. The van der Waals surface area contributed by atoms with Crippen molar-refractivity contribution >= 4 is 11.8 Å². The molecule has 1 aliphatic rings. The molecule has 0 aromatic carbocycles. The average molecular weight is 337 g/mol. The number of hydrogen-bond donors (Lipinski definition) is 2. The van der Waals surface area contributed by atoms with Gasteiger partial charge in [0.05, 0.1) is 29.9 Å². The quantitative estimate of drug-likeness (QED) is 0.594. The molecule has 0 saturated carbocycles. The van der Waals surface area contributed by atoms with Crippen LogP contribution in [0.15, 0.2) is 46.7 Å². The summed E-state index contributed by atoms with van der Waals surface area (Å²) in [6.45, 7) is 4.34. The molecule has 0 amide bonds. The van der Waals surface area contributed by atoms with E-state index in [9.17, 15) is 0 Å². The smallest absolute Gasteiger partial charge is 0.144 e. The number of allylic oxidation sites excluding steroid dienone is 2. The van der Waals surface area contributed by atoms with Gasteiger partial charge in [0.2, 0.25) is 0 Å². The molecule has 4 nitrogen and oxygen atoms in total. The van der Waals surface area contributed by atoms with Crippen molar-refractivity contribution in [3.05, 3.63) is 47.4 Å². The zero-order valence-electron chi connectivity index (χ0n) is 15.4. The van der Waals surface area contributed by atoms with Crippen molar-refractivity contribution in [3.8, 4) is 17.1 Å². The van der Waals surface area contributed by atoms with Gasteiger partial charge >= 0.3 is 0 Å². The number of hydrogen-bond acceptors (Lipinski definition) is 2. The van der Waals surface area contributed by atoms with Gasteiger partial charge < -0.3 is 14.7 Å². The molecule has 25 heavy (non-hydrogen) atoms. The van der Waals surface area contributed by atoms with Crippen molar-refractivity contribution < 1.29 is 4.74 Å². The third kappa shape index (κ3) is 4.13. The minimum Gasteiger partial charge on any atom is -0.494 e. The Labute approximate surface area is 149 Å². The Kier molecular flexibility index (Phi) is 5.59. The molecular weight excluding hydrogens is 310 g/mol. The number of aromatic amines is 2. The summed E-state index contributed by atoms with van der Waals surface area (Å²) in [5, 5.41) is 0. The number of nitrogens with zero attached hydrogens (tertiary/aromatic N) is 1. The van der Waals surface area contributed by atoms with Gasteiger partial charge in [-0.25, -0.2) is 0 Å². The lowest BCUT2D eigenvalue weighted by molar-refractivity contribution is 0.414. The summed E-state index contributed by atoms with van der Waals surface area (Å²) in [4.78, 5) is 11.3. The fraction of sp³-hybridized carbons (Fsp3) is 0.381. The number of unbranched alkanes of at least 4 members (excludes halogenated alkanes) is 3. The van der Waals surface area contributed by atoms with Crippen molar-refractivity contribution in [2.75, 3.05) is 7.11 Å². The zero-order valence-corrected chi connectivity index (χ0v) is 15.4. The summed E-state index contributed by atoms with van der Waals surface area (Å²) in [6, 6.07) is 6.03. The van der Waals surface area contributed by atoms with E-state index >= 15 is 0 Å². The van der Waals surface area contributed by atoms with Crippen LogP contribution in [0.3, 0.4) is 0 Å². The molecule has 0 aliphatic carbocycles. The van der Waals surface area contributed by atoms with Crippen LogP contribution in [0, 0.1) is 0 Å². The van der Waals surface area contributed by atoms with Crippen LogP contribution in [-0.4, -0.2) is 22.8 Å². The highest BCUT2D eigenvalue weighted by Gasteiger charge is 2.13. The SMILES string of the molecule is CCCCCCC1=CC(=Cc2[nH]c(-c3ccc[nH]3)cc2OC)N=C1C. The van der Waals surface area contributed by atoms with Gasteiger partial charge in [0.25, 0.3) is 0 Å². The van der Waals surface area contributed by atoms with Gasteiger partial charge in [-0.15, -0.1) is 0 Å². The fourth-order valence-electron chi connectivity index (χ4n) is 3.17. The monoisotopic (exact) mass is 337 g/mol. The molecule has 0 fully saturated rings. The van der Waals surface area contributed by atoms with Crippen molar-refractivity contribution in [3.63, 3.8) is 0 Å². The predicted octanol–water partition coefficient (Wildman–Crippen LogP) is 5.73. The molecule has 3 rings (SSSR count). The minimum absolute atomic E-state index is 0.828. The van der Waals surface area contributed by atoms with E-state index in [1.54, 1.807) is 7.11 Å². The first-order chi connectivity index (χ1) is 12.2. The summed E-state index contributed by atoms with van der Waals surface area (Å²) < 4.78 is 5.52. The first-order valence-electron chi connectivity index (χ1n) is 9.10. The van der Waals surface area contributed by atoms with Crippen molar-refractivity contribution in [1.29, 1.82) is 0 Å². The van der Waals surface area contributed by atoms with E-state index in [1.165, 1.54) is 31.3 Å². The number of ether oxygens (including phenoxy) is 1. The maximum atomic E-state index is 5.52. The predicted molar refractivity (Wildman–Crippen MR) is 105 cm³/mol. The highest BCUT2D eigenvalue weighted by atomic mass is 16.5. The van der Waals surface area contributed by atoms with Gasteiger partial charge in [-0.1, -0.05) is 26.2 Å². The second-order valence-electron chi connectivity index (χ2n) is 6.50. The molecule has 2 aromatic heterocycles. The van der Waals surface area contributed by atoms with Gasteiger partial charge in [0.15, 0.2) is 0 Å². The molecule has 3 heterocycles. The normalized spacial score (nSPS) is 15.6. The second-order valence-corrected chi connectivity index (χ2v) is 6.50. The largest absolute Gasteiger partial charge is 0.494 e. The first-order valence-corrected chi connectivity index (χ1v) is 9.10. The van der Waals surface area contributed by atoms with E-state index < -0.39 is 0 Å². The number of aromatic nitrogens is 2. The van der Waals surface area contributed by atoms with Crippen LogP contribution in [0.1, 0.15) is 51.6 Å². The zero-order chi connectivity index (χ0) is 17.6. The molecule has 132 valence electrons. The van der Waals surface area contributed by atoms with Crippen LogP contribution in [0.25, 0.3) is 17.5 Å².